The standard InChI is InChI=1S/C18H23N5O.C4H8/c1-22-11-18(12-22)6-8-23(9-7-18)15-10-14(20-21-17(15)19)13-4-2-3-5-16(13)24;1-4(2)3/h2-5,10,24H,6-9,11-12H2,1H3,(H2,19,21);1H2,2-3H3. The van der Waals surface area contributed by atoms with E-state index in [2.05, 4.69) is 33.6 Å². The molecule has 0 bridgehead atoms. The van der Waals surface area contributed by atoms with Crippen molar-refractivity contribution in [2.75, 3.05) is 43.9 Å². The normalized spacial score (nSPS) is 18.2. The van der Waals surface area contributed by atoms with E-state index in [9.17, 15) is 5.11 Å². The monoisotopic (exact) mass is 381 g/mol. The molecule has 2 saturated heterocycles. The topological polar surface area (TPSA) is 78.5 Å². The Morgan fingerprint density at radius 3 is 2.32 bits per heavy atom. The second-order valence-corrected chi connectivity index (χ2v) is 8.38. The molecule has 28 heavy (non-hydrogen) atoms. The zero-order chi connectivity index (χ0) is 20.3. The molecule has 2 aliphatic rings. The highest BCUT2D eigenvalue weighted by molar-refractivity contribution is 5.74. The Morgan fingerprint density at radius 1 is 1.14 bits per heavy atom. The number of nitrogen functional groups attached to an aromatic ring is 1. The third-order valence-electron chi connectivity index (χ3n) is 5.36. The summed E-state index contributed by atoms with van der Waals surface area (Å²) in [5.74, 6) is 0.661. The van der Waals surface area contributed by atoms with Crippen LogP contribution in [0.2, 0.25) is 0 Å². The SMILES string of the molecule is C=C(C)C.CN1CC2(CCN(c3cc(-c4ccccc4O)nnc3N)CC2)C1. The molecule has 6 nitrogen and oxygen atoms in total. The maximum atomic E-state index is 10.1. The Kier molecular flexibility index (Phi) is 5.89. The fourth-order valence-electron chi connectivity index (χ4n) is 4.10. The van der Waals surface area contributed by atoms with Gasteiger partial charge in [-0.1, -0.05) is 17.7 Å². The van der Waals surface area contributed by atoms with Crippen molar-refractivity contribution in [1.29, 1.82) is 0 Å². The maximum Gasteiger partial charge on any atom is 0.169 e. The molecule has 0 radical (unpaired) electrons. The van der Waals surface area contributed by atoms with Crippen molar-refractivity contribution in [2.45, 2.75) is 26.7 Å². The summed E-state index contributed by atoms with van der Waals surface area (Å²) in [6.07, 6.45) is 2.37. The average molecular weight is 382 g/mol. The van der Waals surface area contributed by atoms with Gasteiger partial charge in [0.25, 0.3) is 0 Å². The molecule has 1 aromatic carbocycles. The predicted molar refractivity (Wildman–Crippen MR) is 115 cm³/mol. The Balaban J connectivity index is 0.000000516. The predicted octanol–water partition coefficient (Wildman–Crippen LogP) is 3.55. The van der Waals surface area contributed by atoms with Gasteiger partial charge in [-0.2, -0.15) is 0 Å². The summed E-state index contributed by atoms with van der Waals surface area (Å²) in [4.78, 5) is 4.69. The van der Waals surface area contributed by atoms with Crippen LogP contribution in [-0.4, -0.2) is 53.4 Å². The number of allylic oxidation sites excluding steroid dienone is 1. The molecular formula is C22H31N5O. The number of hydrogen-bond acceptors (Lipinski definition) is 6. The quantitative estimate of drug-likeness (QED) is 0.775. The van der Waals surface area contributed by atoms with Gasteiger partial charge in [0.15, 0.2) is 5.82 Å². The van der Waals surface area contributed by atoms with Crippen LogP contribution in [0, 0.1) is 5.41 Å². The summed E-state index contributed by atoms with van der Waals surface area (Å²) in [6, 6.07) is 9.12. The largest absolute Gasteiger partial charge is 0.507 e. The van der Waals surface area contributed by atoms with Crippen LogP contribution in [0.5, 0.6) is 5.75 Å². The first-order valence-electron chi connectivity index (χ1n) is 9.77. The molecule has 3 heterocycles. The van der Waals surface area contributed by atoms with Crippen molar-refractivity contribution in [2.24, 2.45) is 5.41 Å². The first-order chi connectivity index (χ1) is 13.3. The van der Waals surface area contributed by atoms with Gasteiger partial charge in [-0.15, -0.1) is 16.8 Å². The molecule has 4 rings (SSSR count). The first kappa shape index (κ1) is 20.1. The van der Waals surface area contributed by atoms with Gasteiger partial charge in [0.1, 0.15) is 5.75 Å². The molecule has 2 aliphatic heterocycles. The average Bonchev–Trinajstić information content (AvgIpc) is 2.62. The van der Waals surface area contributed by atoms with Gasteiger partial charge >= 0.3 is 0 Å². The van der Waals surface area contributed by atoms with Crippen molar-refractivity contribution in [3.63, 3.8) is 0 Å². The Morgan fingerprint density at radius 2 is 1.75 bits per heavy atom. The fourth-order valence-corrected chi connectivity index (χ4v) is 4.10. The molecule has 0 amide bonds. The molecule has 1 aromatic heterocycles. The molecule has 3 N–H and O–H groups in total. The van der Waals surface area contributed by atoms with Crippen LogP contribution in [-0.2, 0) is 0 Å². The number of aromatic nitrogens is 2. The van der Waals surface area contributed by atoms with E-state index in [4.69, 9.17) is 5.73 Å². The van der Waals surface area contributed by atoms with Crippen LogP contribution in [0.25, 0.3) is 11.3 Å². The van der Waals surface area contributed by atoms with E-state index in [1.54, 1.807) is 12.1 Å². The number of anilines is 2. The lowest BCUT2D eigenvalue weighted by atomic mass is 9.72. The summed E-state index contributed by atoms with van der Waals surface area (Å²) in [5.41, 5.74) is 10.0. The molecule has 0 unspecified atom stereocenters. The summed E-state index contributed by atoms with van der Waals surface area (Å²) in [7, 11) is 2.18. The van der Waals surface area contributed by atoms with E-state index in [1.807, 2.05) is 32.0 Å². The maximum absolute atomic E-state index is 10.1. The number of phenols is 1. The number of rotatable bonds is 2. The summed E-state index contributed by atoms with van der Waals surface area (Å²) in [6.45, 7) is 11.9. The van der Waals surface area contributed by atoms with Gasteiger partial charge in [-0.25, -0.2) is 0 Å². The molecule has 2 fully saturated rings. The Bertz CT molecular complexity index is 831. The Hall–Kier alpha value is -2.60. The van der Waals surface area contributed by atoms with E-state index in [0.29, 0.717) is 22.5 Å². The molecule has 0 atom stereocenters. The van der Waals surface area contributed by atoms with Crippen LogP contribution in [0.4, 0.5) is 11.5 Å². The van der Waals surface area contributed by atoms with Gasteiger partial charge in [0.2, 0.25) is 0 Å². The second kappa shape index (κ2) is 8.19. The molecule has 0 aliphatic carbocycles. The van der Waals surface area contributed by atoms with Crippen LogP contribution in [0.1, 0.15) is 26.7 Å². The number of likely N-dealkylation sites (tertiary alicyclic amines) is 1. The number of nitrogens with two attached hydrogens (primary N) is 1. The summed E-state index contributed by atoms with van der Waals surface area (Å²) < 4.78 is 0. The van der Waals surface area contributed by atoms with E-state index in [0.717, 1.165) is 18.8 Å². The zero-order valence-electron chi connectivity index (χ0n) is 17.1. The molecule has 150 valence electrons. The number of benzene rings is 1. The van der Waals surface area contributed by atoms with E-state index >= 15 is 0 Å². The highest BCUT2D eigenvalue weighted by Crippen LogP contribution is 2.41. The second-order valence-electron chi connectivity index (χ2n) is 8.38. The minimum atomic E-state index is 0.206. The van der Waals surface area contributed by atoms with Gasteiger partial charge in [-0.3, -0.25) is 0 Å². The molecule has 6 heteroatoms. The van der Waals surface area contributed by atoms with Crippen LogP contribution in [0.15, 0.2) is 42.5 Å². The zero-order valence-corrected chi connectivity index (χ0v) is 17.1. The van der Waals surface area contributed by atoms with Gasteiger partial charge in [-0.05, 0) is 57.4 Å². The number of para-hydroxylation sites is 1. The lowest BCUT2D eigenvalue weighted by Gasteiger charge is -2.53. The van der Waals surface area contributed by atoms with Crippen molar-refractivity contribution in [1.82, 2.24) is 15.1 Å². The highest BCUT2D eigenvalue weighted by atomic mass is 16.3. The molecule has 0 saturated carbocycles. The summed E-state index contributed by atoms with van der Waals surface area (Å²) >= 11 is 0. The third kappa shape index (κ3) is 4.44. The smallest absolute Gasteiger partial charge is 0.169 e. The number of hydrogen-bond donors (Lipinski definition) is 2. The van der Waals surface area contributed by atoms with E-state index in [1.165, 1.54) is 31.5 Å². The van der Waals surface area contributed by atoms with Crippen LogP contribution < -0.4 is 10.6 Å². The third-order valence-corrected chi connectivity index (χ3v) is 5.36. The van der Waals surface area contributed by atoms with Gasteiger partial charge < -0.3 is 20.6 Å². The number of nitrogens with zero attached hydrogens (tertiary/aromatic N) is 4. The molecule has 1 spiro atoms. The lowest BCUT2D eigenvalue weighted by Crippen LogP contribution is -2.58. The summed E-state index contributed by atoms with van der Waals surface area (Å²) in [5, 5.41) is 18.3. The Labute approximate surface area is 167 Å². The van der Waals surface area contributed by atoms with Crippen LogP contribution in [0.3, 0.4) is 0 Å². The minimum Gasteiger partial charge on any atom is -0.507 e. The van der Waals surface area contributed by atoms with Crippen molar-refractivity contribution in [3.05, 3.63) is 42.5 Å². The lowest BCUT2D eigenvalue weighted by molar-refractivity contribution is 0.00133. The number of phenolic OH excluding ortho intramolecular Hbond substituents is 1. The molecule has 2 aromatic rings. The minimum absolute atomic E-state index is 0.206. The van der Waals surface area contributed by atoms with E-state index in [-0.39, 0.29) is 5.75 Å². The van der Waals surface area contributed by atoms with Crippen molar-refractivity contribution < 1.29 is 5.11 Å². The fraction of sp³-hybridized carbons (Fsp3) is 0.455. The molecular weight excluding hydrogens is 350 g/mol. The van der Waals surface area contributed by atoms with Crippen molar-refractivity contribution in [3.8, 4) is 17.0 Å². The van der Waals surface area contributed by atoms with Crippen molar-refractivity contribution >= 4 is 11.5 Å². The first-order valence-corrected chi connectivity index (χ1v) is 9.77. The number of piperidine rings is 1. The van der Waals surface area contributed by atoms with Gasteiger partial charge in [0, 0.05) is 31.7 Å². The van der Waals surface area contributed by atoms with Gasteiger partial charge in [0.05, 0.1) is 11.4 Å². The highest BCUT2D eigenvalue weighted by Gasteiger charge is 2.43. The number of aromatic hydroxyl groups is 1. The van der Waals surface area contributed by atoms with Crippen LogP contribution >= 0.6 is 0 Å². The van der Waals surface area contributed by atoms with E-state index < -0.39 is 0 Å².